The minimum atomic E-state index is -1.42. The van der Waals surface area contributed by atoms with E-state index >= 15 is 0 Å². The van der Waals surface area contributed by atoms with Gasteiger partial charge < -0.3 is 15.0 Å². The molecule has 1 fully saturated rings. The van der Waals surface area contributed by atoms with Crippen LogP contribution in [0.15, 0.2) is 42.5 Å². The Labute approximate surface area is 166 Å². The van der Waals surface area contributed by atoms with Crippen LogP contribution >= 0.6 is 11.6 Å². The van der Waals surface area contributed by atoms with Gasteiger partial charge in [0.05, 0.1) is 23.4 Å². The van der Waals surface area contributed by atoms with Crippen LogP contribution in [0, 0.1) is 0 Å². The van der Waals surface area contributed by atoms with E-state index in [2.05, 4.69) is 5.32 Å². The maximum absolute atomic E-state index is 13.4. The van der Waals surface area contributed by atoms with Gasteiger partial charge in [-0.1, -0.05) is 23.7 Å². The molecule has 0 unspecified atom stereocenters. The van der Waals surface area contributed by atoms with Crippen molar-refractivity contribution in [3.8, 4) is 5.75 Å². The fourth-order valence-electron chi connectivity index (χ4n) is 3.90. The van der Waals surface area contributed by atoms with E-state index in [0.29, 0.717) is 27.7 Å². The van der Waals surface area contributed by atoms with E-state index in [1.807, 2.05) is 0 Å². The van der Waals surface area contributed by atoms with Crippen molar-refractivity contribution in [3.05, 3.63) is 53.1 Å². The van der Waals surface area contributed by atoms with Crippen LogP contribution in [0.4, 0.5) is 11.4 Å². The number of amides is 3. The Hall–Kier alpha value is -3.06. The zero-order chi connectivity index (χ0) is 20.1. The first-order valence-corrected chi connectivity index (χ1v) is 9.13. The smallest absolute Gasteiger partial charge is 0.271 e. The molecular formula is C20H18ClN3O4. The number of rotatable bonds is 3. The van der Waals surface area contributed by atoms with E-state index in [-0.39, 0.29) is 24.7 Å². The quantitative estimate of drug-likeness (QED) is 0.860. The predicted molar refractivity (Wildman–Crippen MR) is 105 cm³/mol. The second kappa shape index (κ2) is 6.53. The lowest BCUT2D eigenvalue weighted by atomic mass is 9.96. The van der Waals surface area contributed by atoms with Crippen molar-refractivity contribution in [2.45, 2.75) is 18.5 Å². The zero-order valence-corrected chi connectivity index (χ0v) is 16.1. The van der Waals surface area contributed by atoms with E-state index in [1.54, 1.807) is 49.5 Å². The number of likely N-dealkylation sites (N-methyl/N-ethyl adjacent to an activating group) is 1. The first-order valence-electron chi connectivity index (χ1n) is 8.75. The molecule has 0 aromatic heterocycles. The van der Waals surface area contributed by atoms with Crippen molar-refractivity contribution in [1.82, 2.24) is 4.90 Å². The summed E-state index contributed by atoms with van der Waals surface area (Å²) >= 11 is 6.14. The monoisotopic (exact) mass is 399 g/mol. The first-order chi connectivity index (χ1) is 13.4. The van der Waals surface area contributed by atoms with Gasteiger partial charge >= 0.3 is 0 Å². The van der Waals surface area contributed by atoms with E-state index < -0.39 is 11.6 Å². The van der Waals surface area contributed by atoms with Gasteiger partial charge in [0, 0.05) is 25.6 Å². The van der Waals surface area contributed by atoms with Gasteiger partial charge in [-0.25, -0.2) is 0 Å². The molecule has 8 heteroatoms. The summed E-state index contributed by atoms with van der Waals surface area (Å²) in [5, 5.41) is 3.14. The third-order valence-corrected chi connectivity index (χ3v) is 5.61. The van der Waals surface area contributed by atoms with Crippen LogP contribution in [-0.2, 0) is 9.59 Å². The lowest BCUT2D eigenvalue weighted by Gasteiger charge is -2.47. The average Bonchev–Trinajstić information content (AvgIpc) is 3.05. The molecule has 3 amide bonds. The number of hydrogen-bond donors (Lipinski definition) is 1. The lowest BCUT2D eigenvalue weighted by Crippen LogP contribution is -2.68. The van der Waals surface area contributed by atoms with E-state index in [9.17, 15) is 14.4 Å². The molecule has 2 heterocycles. The number of nitrogens with zero attached hydrogens (tertiary/aromatic N) is 2. The molecule has 0 radical (unpaired) electrons. The molecule has 2 aliphatic heterocycles. The summed E-state index contributed by atoms with van der Waals surface area (Å²) in [5.41, 5.74) is -0.120. The predicted octanol–water partition coefficient (Wildman–Crippen LogP) is 2.90. The maximum Gasteiger partial charge on any atom is 0.271 e. The molecule has 28 heavy (non-hydrogen) atoms. The molecule has 1 N–H and O–H groups in total. The van der Waals surface area contributed by atoms with Gasteiger partial charge in [-0.3, -0.25) is 19.3 Å². The number of hydrogen-bond acceptors (Lipinski definition) is 4. The molecule has 7 nitrogen and oxygen atoms in total. The third kappa shape index (κ3) is 2.46. The zero-order valence-electron chi connectivity index (χ0n) is 15.4. The highest BCUT2D eigenvalue weighted by atomic mass is 35.5. The van der Waals surface area contributed by atoms with E-state index in [4.69, 9.17) is 16.3 Å². The molecule has 0 saturated carbocycles. The average molecular weight is 400 g/mol. The number of fused-ring (bicyclic) bond motifs is 3. The lowest BCUT2D eigenvalue weighted by molar-refractivity contribution is -0.128. The van der Waals surface area contributed by atoms with Crippen LogP contribution in [0.3, 0.4) is 0 Å². The van der Waals surface area contributed by atoms with Gasteiger partial charge in [0.25, 0.3) is 11.8 Å². The Balaban J connectivity index is 1.76. The van der Waals surface area contributed by atoms with Gasteiger partial charge in [-0.15, -0.1) is 0 Å². The maximum atomic E-state index is 13.4. The van der Waals surface area contributed by atoms with Crippen molar-refractivity contribution in [2.75, 3.05) is 24.4 Å². The Bertz CT molecular complexity index is 1010. The second-order valence-corrected chi connectivity index (χ2v) is 7.14. The number of benzene rings is 2. The molecule has 2 aliphatic rings. The third-order valence-electron chi connectivity index (χ3n) is 5.31. The Morgan fingerprint density at radius 2 is 1.96 bits per heavy atom. The standard InChI is InChI=1S/C20H18ClN3O4/c1-23-18(26)13-5-3-4-6-15(13)24-17(25)9-10-20(23,24)19(27)22-12-7-8-16(28-2)14(21)11-12/h3-8,11H,9-10H2,1-2H3,(H,22,27)/t20-/m1/s1. The molecular weight excluding hydrogens is 382 g/mol. The number of ether oxygens (including phenoxy) is 1. The summed E-state index contributed by atoms with van der Waals surface area (Å²) in [4.78, 5) is 41.8. The number of methoxy groups -OCH3 is 1. The van der Waals surface area contributed by atoms with Gasteiger partial charge in [-0.05, 0) is 30.3 Å². The summed E-state index contributed by atoms with van der Waals surface area (Å²) in [5.74, 6) is -0.487. The second-order valence-electron chi connectivity index (χ2n) is 6.73. The minimum Gasteiger partial charge on any atom is -0.495 e. The Morgan fingerprint density at radius 3 is 2.68 bits per heavy atom. The molecule has 1 saturated heterocycles. The topological polar surface area (TPSA) is 79.0 Å². The van der Waals surface area contributed by atoms with Gasteiger partial charge in [0.15, 0.2) is 0 Å². The highest BCUT2D eigenvalue weighted by Gasteiger charge is 2.59. The van der Waals surface area contributed by atoms with Gasteiger partial charge in [-0.2, -0.15) is 0 Å². The van der Waals surface area contributed by atoms with Crippen LogP contribution < -0.4 is 15.0 Å². The molecule has 4 rings (SSSR count). The van der Waals surface area contributed by atoms with Crippen LogP contribution in [0.1, 0.15) is 23.2 Å². The van der Waals surface area contributed by atoms with Crippen molar-refractivity contribution in [3.63, 3.8) is 0 Å². The number of halogens is 1. The molecule has 144 valence electrons. The van der Waals surface area contributed by atoms with Crippen molar-refractivity contribution in [2.24, 2.45) is 0 Å². The number of carbonyl (C=O) groups is 3. The molecule has 2 aromatic carbocycles. The number of para-hydroxylation sites is 1. The van der Waals surface area contributed by atoms with Crippen LogP contribution in [0.5, 0.6) is 5.75 Å². The normalized spacial score (nSPS) is 20.7. The highest BCUT2D eigenvalue weighted by molar-refractivity contribution is 6.32. The SMILES string of the molecule is COc1ccc(NC(=O)[C@@]23CCC(=O)N2c2ccccc2C(=O)N3C)cc1Cl. The number of carbonyl (C=O) groups excluding carboxylic acids is 3. The minimum absolute atomic E-state index is 0.169. The van der Waals surface area contributed by atoms with Gasteiger partial charge in [0.2, 0.25) is 11.6 Å². The summed E-state index contributed by atoms with van der Waals surface area (Å²) in [6.45, 7) is 0. The van der Waals surface area contributed by atoms with Crippen molar-refractivity contribution < 1.29 is 19.1 Å². The van der Waals surface area contributed by atoms with Crippen molar-refractivity contribution in [1.29, 1.82) is 0 Å². The first kappa shape index (κ1) is 18.3. The highest BCUT2D eigenvalue weighted by Crippen LogP contribution is 2.44. The van der Waals surface area contributed by atoms with Crippen LogP contribution in [-0.4, -0.2) is 42.4 Å². The summed E-state index contributed by atoms with van der Waals surface area (Å²) < 4.78 is 5.12. The fourth-order valence-corrected chi connectivity index (χ4v) is 4.16. The van der Waals surface area contributed by atoms with Crippen LogP contribution in [0.25, 0.3) is 0 Å². The van der Waals surface area contributed by atoms with Crippen molar-refractivity contribution >= 4 is 40.7 Å². The Morgan fingerprint density at radius 1 is 1.21 bits per heavy atom. The van der Waals surface area contributed by atoms with E-state index in [0.717, 1.165) is 0 Å². The fraction of sp³-hybridized carbons (Fsp3) is 0.250. The summed E-state index contributed by atoms with van der Waals surface area (Å²) in [7, 11) is 3.05. The molecule has 1 atom stereocenters. The molecule has 0 bridgehead atoms. The van der Waals surface area contributed by atoms with E-state index in [1.165, 1.54) is 16.9 Å². The molecule has 2 aromatic rings. The number of nitrogens with one attached hydrogen (secondary N) is 1. The summed E-state index contributed by atoms with van der Waals surface area (Å²) in [6.07, 6.45) is 0.376. The Kier molecular flexibility index (Phi) is 4.27. The largest absolute Gasteiger partial charge is 0.495 e. The molecule has 0 aliphatic carbocycles. The van der Waals surface area contributed by atoms with Crippen LogP contribution in [0.2, 0.25) is 5.02 Å². The molecule has 0 spiro atoms. The number of anilines is 2. The van der Waals surface area contributed by atoms with Gasteiger partial charge in [0.1, 0.15) is 5.75 Å². The summed E-state index contributed by atoms with van der Waals surface area (Å²) in [6, 6.07) is 11.7.